The van der Waals surface area contributed by atoms with Crippen molar-refractivity contribution in [2.24, 2.45) is 11.8 Å². The Balaban J connectivity index is 2.25. The van der Waals surface area contributed by atoms with Crippen LogP contribution >= 0.6 is 11.3 Å². The Morgan fingerprint density at radius 2 is 2.12 bits per heavy atom. The topological polar surface area (TPSA) is 24.9 Å². The minimum absolute atomic E-state index is 0.747. The predicted octanol–water partition coefficient (Wildman–Crippen LogP) is 3.66. The molecule has 0 aliphatic carbocycles. The van der Waals surface area contributed by atoms with Crippen LogP contribution in [0.2, 0.25) is 0 Å². The number of hydrogen-bond donors (Lipinski definition) is 1. The third-order valence-electron chi connectivity index (χ3n) is 3.19. The van der Waals surface area contributed by atoms with Gasteiger partial charge in [-0.1, -0.05) is 27.2 Å². The summed E-state index contributed by atoms with van der Waals surface area (Å²) in [6.45, 7) is 11.2. The zero-order valence-corrected chi connectivity index (χ0v) is 12.4. The predicted molar refractivity (Wildman–Crippen MR) is 76.7 cm³/mol. The molecule has 17 heavy (non-hydrogen) atoms. The molecule has 0 aliphatic heterocycles. The van der Waals surface area contributed by atoms with E-state index in [4.69, 9.17) is 0 Å². The van der Waals surface area contributed by atoms with E-state index in [1.54, 1.807) is 11.3 Å². The van der Waals surface area contributed by atoms with E-state index >= 15 is 0 Å². The molecule has 0 spiro atoms. The molecule has 0 saturated carbocycles. The van der Waals surface area contributed by atoms with Crippen molar-refractivity contribution in [1.82, 2.24) is 10.3 Å². The van der Waals surface area contributed by atoms with Gasteiger partial charge in [-0.05, 0) is 44.7 Å². The van der Waals surface area contributed by atoms with Crippen LogP contribution in [0.15, 0.2) is 5.51 Å². The number of nitrogens with one attached hydrogen (secondary N) is 1. The standard InChI is InChI=1S/C14H26N2S/c1-5-13(9-15-8-11(2)3)6-7-14-12(4)16-10-17-14/h10-11,13,15H,5-9H2,1-4H3. The van der Waals surface area contributed by atoms with Crippen molar-refractivity contribution in [3.63, 3.8) is 0 Å². The molecule has 0 aromatic carbocycles. The largest absolute Gasteiger partial charge is 0.316 e. The molecule has 0 amide bonds. The normalized spacial score (nSPS) is 13.2. The van der Waals surface area contributed by atoms with Gasteiger partial charge in [-0.15, -0.1) is 11.3 Å². The summed E-state index contributed by atoms with van der Waals surface area (Å²) in [4.78, 5) is 5.77. The first kappa shape index (κ1) is 14.7. The molecule has 0 aliphatic rings. The first-order chi connectivity index (χ1) is 8.13. The van der Waals surface area contributed by atoms with Crippen LogP contribution < -0.4 is 5.32 Å². The summed E-state index contributed by atoms with van der Waals surface area (Å²) in [6, 6.07) is 0. The molecule has 0 fully saturated rings. The van der Waals surface area contributed by atoms with Gasteiger partial charge in [0.25, 0.3) is 0 Å². The van der Waals surface area contributed by atoms with Crippen LogP contribution in [0, 0.1) is 18.8 Å². The number of hydrogen-bond acceptors (Lipinski definition) is 3. The van der Waals surface area contributed by atoms with Crippen molar-refractivity contribution >= 4 is 11.3 Å². The molecule has 98 valence electrons. The van der Waals surface area contributed by atoms with Crippen molar-refractivity contribution in [2.75, 3.05) is 13.1 Å². The van der Waals surface area contributed by atoms with Gasteiger partial charge in [-0.25, -0.2) is 4.98 Å². The van der Waals surface area contributed by atoms with Gasteiger partial charge in [0, 0.05) is 4.88 Å². The SMILES string of the molecule is CCC(CCc1scnc1C)CNCC(C)C. The molecular formula is C14H26N2S. The highest BCUT2D eigenvalue weighted by Gasteiger charge is 2.09. The number of aromatic nitrogens is 1. The lowest BCUT2D eigenvalue weighted by molar-refractivity contribution is 0.417. The van der Waals surface area contributed by atoms with E-state index in [0.717, 1.165) is 24.9 Å². The monoisotopic (exact) mass is 254 g/mol. The fourth-order valence-electron chi connectivity index (χ4n) is 1.93. The molecular weight excluding hydrogens is 228 g/mol. The summed E-state index contributed by atoms with van der Waals surface area (Å²) >= 11 is 1.80. The molecule has 2 nitrogen and oxygen atoms in total. The second-order valence-electron chi connectivity index (χ2n) is 5.23. The average molecular weight is 254 g/mol. The Morgan fingerprint density at radius 1 is 1.35 bits per heavy atom. The van der Waals surface area contributed by atoms with E-state index in [0.29, 0.717) is 0 Å². The van der Waals surface area contributed by atoms with Crippen molar-refractivity contribution in [2.45, 2.75) is 47.0 Å². The van der Waals surface area contributed by atoms with Crippen LogP contribution in [0.3, 0.4) is 0 Å². The molecule has 1 heterocycles. The molecule has 1 unspecified atom stereocenters. The third-order valence-corrected chi connectivity index (χ3v) is 4.18. The van der Waals surface area contributed by atoms with E-state index in [1.807, 2.05) is 5.51 Å². The maximum atomic E-state index is 4.31. The van der Waals surface area contributed by atoms with Gasteiger partial charge >= 0.3 is 0 Å². The number of aryl methyl sites for hydroxylation is 2. The summed E-state index contributed by atoms with van der Waals surface area (Å²) in [5, 5.41) is 3.57. The Kier molecular flexibility index (Phi) is 6.75. The molecule has 1 rings (SSSR count). The highest BCUT2D eigenvalue weighted by Crippen LogP contribution is 2.18. The van der Waals surface area contributed by atoms with Gasteiger partial charge in [0.05, 0.1) is 11.2 Å². The van der Waals surface area contributed by atoms with E-state index < -0.39 is 0 Å². The fraction of sp³-hybridized carbons (Fsp3) is 0.786. The zero-order valence-electron chi connectivity index (χ0n) is 11.6. The van der Waals surface area contributed by atoms with Crippen LogP contribution in [-0.4, -0.2) is 18.1 Å². The van der Waals surface area contributed by atoms with E-state index in [-0.39, 0.29) is 0 Å². The Hall–Kier alpha value is -0.410. The maximum Gasteiger partial charge on any atom is 0.0797 e. The zero-order chi connectivity index (χ0) is 12.7. The number of nitrogens with zero attached hydrogens (tertiary/aromatic N) is 1. The second kappa shape index (κ2) is 7.83. The molecule has 1 N–H and O–H groups in total. The van der Waals surface area contributed by atoms with Crippen LogP contribution in [0.25, 0.3) is 0 Å². The first-order valence-corrected chi connectivity index (χ1v) is 7.61. The van der Waals surface area contributed by atoms with Crippen molar-refractivity contribution in [1.29, 1.82) is 0 Å². The van der Waals surface area contributed by atoms with E-state index in [2.05, 4.69) is 38.0 Å². The van der Waals surface area contributed by atoms with E-state index in [1.165, 1.54) is 29.8 Å². The third kappa shape index (κ3) is 5.64. The van der Waals surface area contributed by atoms with Crippen LogP contribution in [0.1, 0.15) is 44.2 Å². The second-order valence-corrected chi connectivity index (χ2v) is 6.17. The fourth-order valence-corrected chi connectivity index (χ4v) is 2.73. The minimum atomic E-state index is 0.747. The highest BCUT2D eigenvalue weighted by atomic mass is 32.1. The highest BCUT2D eigenvalue weighted by molar-refractivity contribution is 7.09. The quantitative estimate of drug-likeness (QED) is 0.766. The van der Waals surface area contributed by atoms with Gasteiger partial charge in [-0.3, -0.25) is 0 Å². The molecule has 3 heteroatoms. The maximum absolute atomic E-state index is 4.31. The summed E-state index contributed by atoms with van der Waals surface area (Å²) in [7, 11) is 0. The molecule has 0 radical (unpaired) electrons. The van der Waals surface area contributed by atoms with Crippen molar-refractivity contribution in [3.05, 3.63) is 16.1 Å². The van der Waals surface area contributed by atoms with E-state index in [9.17, 15) is 0 Å². The Labute approximate surface area is 110 Å². The molecule has 1 aromatic heterocycles. The number of thiazole rings is 1. The lowest BCUT2D eigenvalue weighted by atomic mass is 9.99. The summed E-state index contributed by atoms with van der Waals surface area (Å²) < 4.78 is 0. The van der Waals surface area contributed by atoms with Crippen molar-refractivity contribution < 1.29 is 0 Å². The van der Waals surface area contributed by atoms with Gasteiger partial charge in [0.1, 0.15) is 0 Å². The number of rotatable bonds is 8. The molecule has 0 bridgehead atoms. The average Bonchev–Trinajstić information content (AvgIpc) is 2.68. The summed E-state index contributed by atoms with van der Waals surface area (Å²) in [5.41, 5.74) is 3.18. The minimum Gasteiger partial charge on any atom is -0.316 e. The van der Waals surface area contributed by atoms with Crippen LogP contribution in [-0.2, 0) is 6.42 Å². The lowest BCUT2D eigenvalue weighted by Gasteiger charge is -2.16. The van der Waals surface area contributed by atoms with Crippen LogP contribution in [0.5, 0.6) is 0 Å². The van der Waals surface area contributed by atoms with Gasteiger partial charge in [-0.2, -0.15) is 0 Å². The van der Waals surface area contributed by atoms with Gasteiger partial charge in [0.15, 0.2) is 0 Å². The molecule has 0 saturated heterocycles. The molecule has 1 atom stereocenters. The Morgan fingerprint density at radius 3 is 2.65 bits per heavy atom. The summed E-state index contributed by atoms with van der Waals surface area (Å²) in [6.07, 6.45) is 3.74. The smallest absolute Gasteiger partial charge is 0.0797 e. The van der Waals surface area contributed by atoms with Crippen LogP contribution in [0.4, 0.5) is 0 Å². The van der Waals surface area contributed by atoms with Gasteiger partial charge in [0.2, 0.25) is 0 Å². The Bertz CT molecular complexity index is 307. The summed E-state index contributed by atoms with van der Waals surface area (Å²) in [5.74, 6) is 1.55. The van der Waals surface area contributed by atoms with Crippen molar-refractivity contribution in [3.8, 4) is 0 Å². The molecule has 1 aromatic rings. The first-order valence-electron chi connectivity index (χ1n) is 6.73. The lowest BCUT2D eigenvalue weighted by Crippen LogP contribution is -2.26. The van der Waals surface area contributed by atoms with Gasteiger partial charge < -0.3 is 5.32 Å².